The minimum absolute atomic E-state index is 0.539. The van der Waals surface area contributed by atoms with E-state index in [2.05, 4.69) is 17.5 Å². The Balaban J connectivity index is 2.16. The van der Waals surface area contributed by atoms with Gasteiger partial charge in [0.15, 0.2) is 0 Å². The fourth-order valence-corrected chi connectivity index (χ4v) is 1.27. The van der Waals surface area contributed by atoms with Gasteiger partial charge in [0, 0.05) is 12.6 Å². The molecule has 0 saturated carbocycles. The number of hydrogen-bond donors (Lipinski definition) is 2. The molecule has 1 aliphatic carbocycles. The number of rotatable bonds is 4. The Morgan fingerprint density at radius 1 is 1.50 bits per heavy atom. The average Bonchev–Trinajstić information content (AvgIpc) is 2.53. The van der Waals surface area contributed by atoms with Crippen molar-refractivity contribution >= 4 is 0 Å². The van der Waals surface area contributed by atoms with Crippen LogP contribution in [0.1, 0.15) is 33.1 Å². The number of hydrogen-bond acceptors (Lipinski definition) is 2. The van der Waals surface area contributed by atoms with Crippen LogP contribution in [0.5, 0.6) is 0 Å². The molecule has 0 aromatic carbocycles. The van der Waals surface area contributed by atoms with Gasteiger partial charge in [-0.25, -0.2) is 0 Å². The standard InChI is InChI=1S/C10H19NO/c1-3-10(2,12)8-11-9-6-4-5-7-9/h4-5,9,11-12H,3,6-8H2,1-2H3. The van der Waals surface area contributed by atoms with Crippen LogP contribution in [0.4, 0.5) is 0 Å². The second-order valence-corrected chi connectivity index (χ2v) is 3.87. The fourth-order valence-electron chi connectivity index (χ4n) is 1.27. The third-order valence-corrected chi connectivity index (χ3v) is 2.54. The topological polar surface area (TPSA) is 32.3 Å². The molecule has 0 aromatic rings. The molecule has 1 unspecified atom stereocenters. The summed E-state index contributed by atoms with van der Waals surface area (Å²) in [4.78, 5) is 0. The van der Waals surface area contributed by atoms with Crippen molar-refractivity contribution in [2.24, 2.45) is 0 Å². The second kappa shape index (κ2) is 4.06. The van der Waals surface area contributed by atoms with E-state index >= 15 is 0 Å². The third kappa shape index (κ3) is 2.95. The number of aliphatic hydroxyl groups is 1. The van der Waals surface area contributed by atoms with Crippen LogP contribution in [0.2, 0.25) is 0 Å². The Morgan fingerprint density at radius 3 is 2.58 bits per heavy atom. The van der Waals surface area contributed by atoms with Gasteiger partial charge >= 0.3 is 0 Å². The van der Waals surface area contributed by atoms with Crippen molar-refractivity contribution in [2.75, 3.05) is 6.54 Å². The van der Waals surface area contributed by atoms with Crippen LogP contribution in [-0.4, -0.2) is 23.3 Å². The predicted molar refractivity (Wildman–Crippen MR) is 51.1 cm³/mol. The van der Waals surface area contributed by atoms with Gasteiger partial charge in [-0.15, -0.1) is 0 Å². The summed E-state index contributed by atoms with van der Waals surface area (Å²) in [5.74, 6) is 0. The molecule has 1 rings (SSSR count). The maximum Gasteiger partial charge on any atom is 0.0741 e. The van der Waals surface area contributed by atoms with Gasteiger partial charge in [0.1, 0.15) is 0 Å². The van der Waals surface area contributed by atoms with Crippen molar-refractivity contribution in [2.45, 2.75) is 44.8 Å². The Morgan fingerprint density at radius 2 is 2.08 bits per heavy atom. The van der Waals surface area contributed by atoms with Crippen molar-refractivity contribution in [3.8, 4) is 0 Å². The molecule has 0 spiro atoms. The van der Waals surface area contributed by atoms with Crippen molar-refractivity contribution < 1.29 is 5.11 Å². The Bertz CT molecular complexity index is 155. The van der Waals surface area contributed by atoms with Crippen molar-refractivity contribution in [1.29, 1.82) is 0 Å². The molecule has 0 aliphatic heterocycles. The van der Waals surface area contributed by atoms with E-state index in [0.29, 0.717) is 12.6 Å². The summed E-state index contributed by atoms with van der Waals surface area (Å²) in [6.07, 6.45) is 7.41. The summed E-state index contributed by atoms with van der Waals surface area (Å²) in [5.41, 5.74) is -0.539. The maximum absolute atomic E-state index is 9.70. The molecule has 0 amide bonds. The summed E-state index contributed by atoms with van der Waals surface area (Å²) < 4.78 is 0. The Kier molecular flexibility index (Phi) is 3.29. The molecule has 0 heterocycles. The smallest absolute Gasteiger partial charge is 0.0741 e. The van der Waals surface area contributed by atoms with Gasteiger partial charge in [-0.05, 0) is 26.2 Å². The van der Waals surface area contributed by atoms with Crippen LogP contribution in [0.3, 0.4) is 0 Å². The van der Waals surface area contributed by atoms with Crippen LogP contribution in [-0.2, 0) is 0 Å². The van der Waals surface area contributed by atoms with Gasteiger partial charge in [0.05, 0.1) is 5.60 Å². The first-order valence-corrected chi connectivity index (χ1v) is 4.75. The fraction of sp³-hybridized carbons (Fsp3) is 0.800. The summed E-state index contributed by atoms with van der Waals surface area (Å²) in [7, 11) is 0. The highest BCUT2D eigenvalue weighted by Crippen LogP contribution is 2.12. The first-order chi connectivity index (χ1) is 5.64. The molecule has 0 bridgehead atoms. The number of nitrogens with one attached hydrogen (secondary N) is 1. The van der Waals surface area contributed by atoms with Crippen LogP contribution in [0.15, 0.2) is 12.2 Å². The molecule has 1 atom stereocenters. The van der Waals surface area contributed by atoms with Gasteiger partial charge in [-0.3, -0.25) is 0 Å². The highest BCUT2D eigenvalue weighted by Gasteiger charge is 2.19. The van der Waals surface area contributed by atoms with E-state index in [4.69, 9.17) is 0 Å². The molecule has 1 aliphatic rings. The van der Waals surface area contributed by atoms with E-state index in [-0.39, 0.29) is 0 Å². The lowest BCUT2D eigenvalue weighted by Crippen LogP contribution is -2.41. The lowest BCUT2D eigenvalue weighted by Gasteiger charge is -2.24. The van der Waals surface area contributed by atoms with E-state index < -0.39 is 5.60 Å². The summed E-state index contributed by atoms with van der Waals surface area (Å²) in [5, 5.41) is 13.1. The van der Waals surface area contributed by atoms with Gasteiger partial charge in [-0.1, -0.05) is 19.1 Å². The van der Waals surface area contributed by atoms with Crippen LogP contribution in [0, 0.1) is 0 Å². The lowest BCUT2D eigenvalue weighted by molar-refractivity contribution is 0.0532. The molecule has 0 aromatic heterocycles. The summed E-state index contributed by atoms with van der Waals surface area (Å²) >= 11 is 0. The minimum Gasteiger partial charge on any atom is -0.389 e. The quantitative estimate of drug-likeness (QED) is 0.624. The first-order valence-electron chi connectivity index (χ1n) is 4.75. The summed E-state index contributed by atoms with van der Waals surface area (Å²) in [6.45, 7) is 4.59. The molecule has 0 radical (unpaired) electrons. The Hall–Kier alpha value is -0.340. The Labute approximate surface area is 74.7 Å². The van der Waals surface area contributed by atoms with E-state index in [1.807, 2.05) is 13.8 Å². The molecule has 0 saturated heterocycles. The molecular weight excluding hydrogens is 150 g/mol. The van der Waals surface area contributed by atoms with E-state index in [0.717, 1.165) is 19.3 Å². The molecule has 2 heteroatoms. The van der Waals surface area contributed by atoms with Gasteiger partial charge in [0.2, 0.25) is 0 Å². The van der Waals surface area contributed by atoms with Gasteiger partial charge < -0.3 is 10.4 Å². The zero-order chi connectivity index (χ0) is 9.03. The second-order valence-electron chi connectivity index (χ2n) is 3.87. The largest absolute Gasteiger partial charge is 0.389 e. The van der Waals surface area contributed by atoms with Crippen molar-refractivity contribution in [3.05, 3.63) is 12.2 Å². The third-order valence-electron chi connectivity index (χ3n) is 2.54. The van der Waals surface area contributed by atoms with E-state index in [1.54, 1.807) is 0 Å². The first kappa shape index (κ1) is 9.75. The summed E-state index contributed by atoms with van der Waals surface area (Å²) in [6, 6.07) is 0.558. The van der Waals surface area contributed by atoms with E-state index in [9.17, 15) is 5.11 Å². The SMILES string of the molecule is CCC(C)(O)CNC1CC=CC1. The van der Waals surface area contributed by atoms with Crippen LogP contribution in [0.25, 0.3) is 0 Å². The van der Waals surface area contributed by atoms with Gasteiger partial charge in [-0.2, -0.15) is 0 Å². The van der Waals surface area contributed by atoms with Crippen LogP contribution < -0.4 is 5.32 Å². The average molecular weight is 169 g/mol. The molecule has 12 heavy (non-hydrogen) atoms. The predicted octanol–water partition coefficient (Wildman–Crippen LogP) is 1.46. The van der Waals surface area contributed by atoms with E-state index in [1.165, 1.54) is 0 Å². The van der Waals surface area contributed by atoms with Crippen molar-refractivity contribution in [1.82, 2.24) is 5.32 Å². The molecule has 2 nitrogen and oxygen atoms in total. The molecule has 70 valence electrons. The normalized spacial score (nSPS) is 22.9. The minimum atomic E-state index is -0.539. The highest BCUT2D eigenvalue weighted by molar-refractivity contribution is 4.98. The monoisotopic (exact) mass is 169 g/mol. The molecular formula is C10H19NO. The highest BCUT2D eigenvalue weighted by atomic mass is 16.3. The molecule has 2 N–H and O–H groups in total. The van der Waals surface area contributed by atoms with Crippen LogP contribution >= 0.6 is 0 Å². The molecule has 0 fully saturated rings. The maximum atomic E-state index is 9.70. The van der Waals surface area contributed by atoms with Crippen molar-refractivity contribution in [3.63, 3.8) is 0 Å². The zero-order valence-corrected chi connectivity index (χ0v) is 8.01. The van der Waals surface area contributed by atoms with Gasteiger partial charge in [0.25, 0.3) is 0 Å². The lowest BCUT2D eigenvalue weighted by atomic mass is 10.0. The zero-order valence-electron chi connectivity index (χ0n) is 8.01.